The van der Waals surface area contributed by atoms with E-state index in [2.05, 4.69) is 131 Å². The second-order valence-electron chi connectivity index (χ2n) is 16.2. The predicted molar refractivity (Wildman–Crippen MR) is 262 cm³/mol. The molecule has 0 aliphatic rings. The van der Waals surface area contributed by atoms with Crippen LogP contribution in [0.4, 0.5) is 34.1 Å². The van der Waals surface area contributed by atoms with Crippen molar-refractivity contribution in [3.8, 4) is 12.1 Å². The molecule has 65 heavy (non-hydrogen) atoms. The van der Waals surface area contributed by atoms with Gasteiger partial charge in [0.15, 0.2) is 11.2 Å². The van der Waals surface area contributed by atoms with Crippen molar-refractivity contribution in [1.29, 1.82) is 10.5 Å². The minimum Gasteiger partial charge on any atom is -0.455 e. The Bertz CT molecular complexity index is 4160. The van der Waals surface area contributed by atoms with Crippen molar-refractivity contribution in [1.82, 2.24) is 0 Å². The van der Waals surface area contributed by atoms with E-state index >= 15 is 0 Å². The first-order valence-electron chi connectivity index (χ1n) is 21.4. The average Bonchev–Trinajstić information content (AvgIpc) is 4.07. The number of benzene rings is 10. The molecule has 3 aromatic heterocycles. The molecule has 10 aromatic carbocycles. The van der Waals surface area contributed by atoms with E-state index in [1.807, 2.05) is 84.9 Å². The third-order valence-corrected chi connectivity index (χ3v) is 12.7. The molecule has 0 atom stereocenters. The molecule has 0 N–H and O–H groups in total. The molecular formula is C58H32N4O3. The summed E-state index contributed by atoms with van der Waals surface area (Å²) in [5.41, 5.74) is 11.1. The van der Waals surface area contributed by atoms with Crippen LogP contribution in [0.3, 0.4) is 0 Å². The first-order chi connectivity index (χ1) is 32.1. The molecule has 7 heteroatoms. The zero-order valence-corrected chi connectivity index (χ0v) is 34.5. The first kappa shape index (κ1) is 36.4. The Morgan fingerprint density at radius 2 is 0.708 bits per heavy atom. The van der Waals surface area contributed by atoms with Crippen LogP contribution in [-0.2, 0) is 0 Å². The molecule has 0 aliphatic carbocycles. The smallest absolute Gasteiger partial charge is 0.159 e. The maximum Gasteiger partial charge on any atom is 0.159 e. The van der Waals surface area contributed by atoms with Gasteiger partial charge in [-0.2, -0.15) is 10.5 Å². The molecule has 0 saturated carbocycles. The fourth-order valence-corrected chi connectivity index (χ4v) is 9.80. The van der Waals surface area contributed by atoms with E-state index < -0.39 is 0 Å². The summed E-state index contributed by atoms with van der Waals surface area (Å²) in [4.78, 5) is 4.45. The fourth-order valence-electron chi connectivity index (χ4n) is 9.80. The predicted octanol–water partition coefficient (Wildman–Crippen LogP) is 16.4. The average molecular weight is 833 g/mol. The highest BCUT2D eigenvalue weighted by Crippen LogP contribution is 2.51. The van der Waals surface area contributed by atoms with Gasteiger partial charge in [0.2, 0.25) is 0 Å². The van der Waals surface area contributed by atoms with E-state index in [4.69, 9.17) is 13.3 Å². The van der Waals surface area contributed by atoms with Crippen LogP contribution < -0.4 is 9.80 Å². The van der Waals surface area contributed by atoms with Crippen LogP contribution in [0.5, 0.6) is 0 Å². The van der Waals surface area contributed by atoms with Crippen molar-refractivity contribution in [2.24, 2.45) is 0 Å². The van der Waals surface area contributed by atoms with E-state index in [1.54, 1.807) is 0 Å². The lowest BCUT2D eigenvalue weighted by Gasteiger charge is -2.27. The lowest BCUT2D eigenvalue weighted by molar-refractivity contribution is 0.668. The number of rotatable bonds is 6. The molecular weight excluding hydrogens is 801 g/mol. The van der Waals surface area contributed by atoms with E-state index in [9.17, 15) is 10.5 Å². The van der Waals surface area contributed by atoms with Gasteiger partial charge < -0.3 is 23.1 Å². The van der Waals surface area contributed by atoms with Gasteiger partial charge in [-0.1, -0.05) is 109 Å². The highest BCUT2D eigenvalue weighted by atomic mass is 16.3. The van der Waals surface area contributed by atoms with Crippen LogP contribution in [0.25, 0.3) is 87.4 Å². The molecule has 3 heterocycles. The quantitative estimate of drug-likeness (QED) is 0.165. The molecule has 0 radical (unpaired) electrons. The molecule has 0 saturated heterocycles. The van der Waals surface area contributed by atoms with Crippen LogP contribution >= 0.6 is 0 Å². The van der Waals surface area contributed by atoms with Gasteiger partial charge in [-0.25, -0.2) is 0 Å². The number of anilines is 6. The van der Waals surface area contributed by atoms with Crippen LogP contribution in [-0.4, -0.2) is 0 Å². The number of fused-ring (bicyclic) bond motifs is 13. The highest BCUT2D eigenvalue weighted by Gasteiger charge is 2.27. The summed E-state index contributed by atoms with van der Waals surface area (Å²) in [5.74, 6) is 0. The second kappa shape index (κ2) is 14.1. The minimum absolute atomic E-state index is 0.572. The maximum atomic E-state index is 9.82. The van der Waals surface area contributed by atoms with Gasteiger partial charge in [0.05, 0.1) is 46.0 Å². The van der Waals surface area contributed by atoms with Crippen molar-refractivity contribution in [3.05, 3.63) is 205 Å². The summed E-state index contributed by atoms with van der Waals surface area (Å²) in [5, 5.41) is 29.6. The Morgan fingerprint density at radius 3 is 1.23 bits per heavy atom. The Labute approximate surface area is 371 Å². The Kier molecular flexibility index (Phi) is 7.90. The lowest BCUT2D eigenvalue weighted by atomic mass is 9.97. The summed E-state index contributed by atoms with van der Waals surface area (Å²) in [6, 6.07) is 69.9. The maximum absolute atomic E-state index is 9.82. The molecule has 0 unspecified atom stereocenters. The monoisotopic (exact) mass is 832 g/mol. The van der Waals surface area contributed by atoms with Crippen LogP contribution in [0.1, 0.15) is 11.1 Å². The van der Waals surface area contributed by atoms with Gasteiger partial charge in [0, 0.05) is 65.9 Å². The Hall–Kier alpha value is -9.30. The van der Waals surface area contributed by atoms with Crippen molar-refractivity contribution < 1.29 is 13.3 Å². The summed E-state index contributed by atoms with van der Waals surface area (Å²) < 4.78 is 20.5. The van der Waals surface area contributed by atoms with Gasteiger partial charge in [0.25, 0.3) is 0 Å². The molecule has 0 spiro atoms. The SMILES string of the molecule is N#Cc1ccc(N(c2cc3c(oc4cc(N(c5ccc(C#N)cc5)c5cccc6c5oc5ccccc56)c5ccccc5c43)c3ccccc23)c2cccc3c2oc2ccccc23)cc1. The van der Waals surface area contributed by atoms with Crippen LogP contribution in [0.15, 0.2) is 207 Å². The first-order valence-corrected chi connectivity index (χ1v) is 21.4. The summed E-state index contributed by atoms with van der Waals surface area (Å²) in [6.45, 7) is 0. The molecule has 13 aromatic rings. The van der Waals surface area contributed by atoms with Crippen molar-refractivity contribution in [2.45, 2.75) is 0 Å². The zero-order chi connectivity index (χ0) is 43.2. The van der Waals surface area contributed by atoms with E-state index in [0.717, 1.165) is 121 Å². The normalized spacial score (nSPS) is 11.7. The van der Waals surface area contributed by atoms with Gasteiger partial charge in [0.1, 0.15) is 22.3 Å². The van der Waals surface area contributed by atoms with Crippen molar-refractivity contribution in [3.63, 3.8) is 0 Å². The summed E-state index contributed by atoms with van der Waals surface area (Å²) in [6.07, 6.45) is 0. The topological polar surface area (TPSA) is 93.5 Å². The van der Waals surface area contributed by atoms with Crippen molar-refractivity contribution in [2.75, 3.05) is 9.80 Å². The van der Waals surface area contributed by atoms with E-state index in [0.29, 0.717) is 11.1 Å². The largest absolute Gasteiger partial charge is 0.455 e. The van der Waals surface area contributed by atoms with Crippen LogP contribution in [0.2, 0.25) is 0 Å². The Balaban J connectivity index is 1.11. The molecule has 0 aliphatic heterocycles. The summed E-state index contributed by atoms with van der Waals surface area (Å²) >= 11 is 0. The third-order valence-electron chi connectivity index (χ3n) is 12.7. The molecule has 0 bridgehead atoms. The van der Waals surface area contributed by atoms with Crippen LogP contribution in [0, 0.1) is 22.7 Å². The highest BCUT2D eigenvalue weighted by molar-refractivity contribution is 6.28. The molecule has 0 fully saturated rings. The lowest BCUT2D eigenvalue weighted by Crippen LogP contribution is -2.11. The van der Waals surface area contributed by atoms with Gasteiger partial charge >= 0.3 is 0 Å². The van der Waals surface area contributed by atoms with E-state index in [-0.39, 0.29) is 0 Å². The summed E-state index contributed by atoms with van der Waals surface area (Å²) in [7, 11) is 0. The van der Waals surface area contributed by atoms with Crippen molar-refractivity contribution >= 4 is 121 Å². The second-order valence-corrected chi connectivity index (χ2v) is 16.2. The van der Waals surface area contributed by atoms with E-state index in [1.165, 1.54) is 0 Å². The van der Waals surface area contributed by atoms with Gasteiger partial charge in [-0.15, -0.1) is 0 Å². The number of nitrogens with zero attached hydrogens (tertiary/aromatic N) is 4. The number of para-hydroxylation sites is 4. The molecule has 13 rings (SSSR count). The number of hydrogen-bond donors (Lipinski definition) is 0. The third kappa shape index (κ3) is 5.47. The number of furan rings is 3. The number of nitriles is 2. The Morgan fingerprint density at radius 1 is 0.308 bits per heavy atom. The zero-order valence-electron chi connectivity index (χ0n) is 34.5. The molecule has 7 nitrogen and oxygen atoms in total. The fraction of sp³-hybridized carbons (Fsp3) is 0. The standard InChI is InChI=1S/C58H32N4O3/c59-33-35-23-27-37(28-24-35)61(48-19-9-17-45-41-13-5-7-21-52(41)63-57(45)48)50-31-47-55-43-15-3-1-11-39(43)51(32-54(55)65-56(47)44-16-4-2-12-40(44)50)62(38-29-25-36(34-60)26-30-38)49-20-10-18-46-42-14-6-8-22-53(42)64-58(46)49/h1-32H. The molecule has 0 amide bonds. The molecule has 302 valence electrons. The number of hydrogen-bond acceptors (Lipinski definition) is 7. The minimum atomic E-state index is 0.572. The van der Waals surface area contributed by atoms with Gasteiger partial charge in [-0.3, -0.25) is 0 Å². The van der Waals surface area contributed by atoms with Gasteiger partial charge in [-0.05, 0) is 84.2 Å².